The van der Waals surface area contributed by atoms with Crippen molar-refractivity contribution in [1.29, 1.82) is 0 Å². The Labute approximate surface area is 587 Å². The number of rotatable bonds is 8. The summed E-state index contributed by atoms with van der Waals surface area (Å²) in [4.78, 5) is 94.1. The molecule has 4 aromatic carbocycles. The van der Waals surface area contributed by atoms with Gasteiger partial charge < -0.3 is 53.6 Å². The highest BCUT2D eigenvalue weighted by atomic mass is 32.1. The van der Waals surface area contributed by atoms with Crippen molar-refractivity contribution < 1.29 is 37.8 Å². The monoisotopic (exact) mass is 1370 g/mol. The highest BCUT2D eigenvalue weighted by Gasteiger charge is 2.51. The topological polar surface area (TPSA) is 162 Å². The Morgan fingerprint density at radius 1 is 0.576 bits per heavy atom. The highest BCUT2D eigenvalue weighted by molar-refractivity contribution is 7.15. The number of ether oxygens (including phenoxy) is 2. The number of likely N-dealkylation sites (tertiary alicyclic amines) is 5. The number of nitrogens with zero attached hydrogens (tertiary/aromatic N) is 12. The van der Waals surface area contributed by atoms with Gasteiger partial charge >= 0.3 is 12.1 Å². The van der Waals surface area contributed by atoms with Crippen LogP contribution in [0.2, 0.25) is 0 Å². The zero-order valence-corrected chi connectivity index (χ0v) is 59.8. The molecule has 19 nitrogen and oxygen atoms in total. The number of fused-ring (bicyclic) bond motifs is 6. The predicted octanol–water partition coefficient (Wildman–Crippen LogP) is 11.9. The molecular formula is C78H99FN12O7S. The fourth-order valence-corrected chi connectivity index (χ4v) is 18.7. The normalized spacial score (nSPS) is 20.8. The fraction of sp³-hybridized carbons (Fsp3) is 0.526. The van der Waals surface area contributed by atoms with E-state index in [-0.39, 0.29) is 51.9 Å². The summed E-state index contributed by atoms with van der Waals surface area (Å²) in [6.07, 6.45) is 17.6. The molecule has 11 heterocycles. The number of thiazole rings is 1. The van der Waals surface area contributed by atoms with E-state index in [9.17, 15) is 28.4 Å². The van der Waals surface area contributed by atoms with Crippen molar-refractivity contribution in [1.82, 2.24) is 39.4 Å². The van der Waals surface area contributed by atoms with Gasteiger partial charge in [-0.2, -0.15) is 0 Å². The smallest absolute Gasteiger partial charge is 0.409 e. The molecule has 2 aromatic heterocycles. The molecule has 0 aliphatic carbocycles. The molecule has 0 unspecified atom stereocenters. The van der Waals surface area contributed by atoms with E-state index in [1.165, 1.54) is 40.0 Å². The van der Waals surface area contributed by atoms with Crippen molar-refractivity contribution in [3.8, 4) is 16.9 Å². The summed E-state index contributed by atoms with van der Waals surface area (Å²) in [7, 11) is 5.20. The Kier molecular flexibility index (Phi) is 20.8. The maximum absolute atomic E-state index is 14.2. The minimum atomic E-state index is -0.245. The van der Waals surface area contributed by atoms with Gasteiger partial charge in [0, 0.05) is 167 Å². The summed E-state index contributed by atoms with van der Waals surface area (Å²) in [5, 5.41) is 1.19. The van der Waals surface area contributed by atoms with Crippen molar-refractivity contribution in [3.63, 3.8) is 0 Å². The maximum atomic E-state index is 14.2. The summed E-state index contributed by atoms with van der Waals surface area (Å²) < 4.78 is 25.1. The summed E-state index contributed by atoms with van der Waals surface area (Å²) in [5.41, 5.74) is 9.33. The van der Waals surface area contributed by atoms with E-state index >= 15 is 0 Å². The number of hydrogen-bond donors (Lipinski definition) is 0. The van der Waals surface area contributed by atoms with Crippen LogP contribution in [0.1, 0.15) is 130 Å². The summed E-state index contributed by atoms with van der Waals surface area (Å²) >= 11 is 1.81. The SMILES string of the molecule is CC(=O)N1CC2(CCN(C3CCN(c4ncc(C)s4)CC3)CC2)c2ccccc21.CCOC(=O)N1CCC(N2CCC3(CC2)CN(C(C)=O)c2c(-c4ccccc4OC)cccc23)CC1.CN(C)C(=O)N1CC2(CCN(C3CCN(C(=O)c4cccnc4)CC3)CC2)c2cc(F)ccc21. The lowest BCUT2D eigenvalue weighted by Crippen LogP contribution is -2.52. The second-order valence-electron chi connectivity index (χ2n) is 29.2. The number of benzene rings is 4. The number of piperidine rings is 6. The largest absolute Gasteiger partial charge is 0.496 e. The first-order valence-corrected chi connectivity index (χ1v) is 36.9. The average Bonchev–Trinajstić information content (AvgIpc) is 1.80. The molecule has 0 N–H and O–H groups in total. The molecule has 99 heavy (non-hydrogen) atoms. The number of aromatic nitrogens is 2. The quantitative estimate of drug-likeness (QED) is 0.142. The van der Waals surface area contributed by atoms with Crippen molar-refractivity contribution in [2.24, 2.45) is 0 Å². The summed E-state index contributed by atoms with van der Waals surface area (Å²) in [6, 6.07) is 33.1. The fourth-order valence-electron chi connectivity index (χ4n) is 17.9. The molecule has 0 atom stereocenters. The predicted molar refractivity (Wildman–Crippen MR) is 388 cm³/mol. The van der Waals surface area contributed by atoms with E-state index < -0.39 is 0 Å². The molecule has 6 fully saturated rings. The van der Waals surface area contributed by atoms with Crippen LogP contribution in [0, 0.1) is 12.7 Å². The van der Waals surface area contributed by atoms with Gasteiger partial charge in [-0.25, -0.2) is 19.0 Å². The number of pyridine rings is 1. The molecule has 3 spiro atoms. The number of aryl methyl sites for hydroxylation is 1. The molecule has 0 saturated carbocycles. The van der Waals surface area contributed by atoms with E-state index in [2.05, 4.69) is 85.0 Å². The zero-order chi connectivity index (χ0) is 69.2. The molecule has 6 amide bonds. The molecule has 6 saturated heterocycles. The van der Waals surface area contributed by atoms with Crippen LogP contribution in [0.15, 0.2) is 116 Å². The van der Waals surface area contributed by atoms with Crippen LogP contribution in [-0.4, -0.2) is 213 Å². The molecule has 0 radical (unpaired) electrons. The lowest BCUT2D eigenvalue weighted by atomic mass is 9.73. The summed E-state index contributed by atoms with van der Waals surface area (Å²) in [5.74, 6) is 0.884. The molecule has 21 heteroatoms. The molecule has 0 bridgehead atoms. The molecule has 9 aliphatic rings. The number of hydrogen-bond acceptors (Lipinski definition) is 14. The van der Waals surface area contributed by atoms with Gasteiger partial charge in [0.05, 0.1) is 25.0 Å². The van der Waals surface area contributed by atoms with Crippen LogP contribution in [0.3, 0.4) is 0 Å². The van der Waals surface area contributed by atoms with Gasteiger partial charge in [-0.1, -0.05) is 54.6 Å². The average molecular weight is 1370 g/mol. The Morgan fingerprint density at radius 3 is 1.67 bits per heavy atom. The Balaban J connectivity index is 0.000000134. The first kappa shape index (κ1) is 69.5. The first-order chi connectivity index (χ1) is 47.9. The van der Waals surface area contributed by atoms with Crippen molar-refractivity contribution in [2.75, 3.05) is 146 Å². The van der Waals surface area contributed by atoms with E-state index in [1.54, 1.807) is 70.5 Å². The van der Waals surface area contributed by atoms with Gasteiger partial charge in [-0.05, 0) is 189 Å². The third kappa shape index (κ3) is 14.1. The Hall–Kier alpha value is -7.98. The van der Waals surface area contributed by atoms with E-state index in [0.29, 0.717) is 36.8 Å². The minimum absolute atomic E-state index is 0.0266. The van der Waals surface area contributed by atoms with Crippen LogP contribution < -0.4 is 24.3 Å². The minimum Gasteiger partial charge on any atom is -0.496 e. The van der Waals surface area contributed by atoms with Gasteiger partial charge in [0.1, 0.15) is 11.6 Å². The van der Waals surface area contributed by atoms with Crippen LogP contribution in [0.25, 0.3) is 11.1 Å². The number of methoxy groups -OCH3 is 1. The highest BCUT2D eigenvalue weighted by Crippen LogP contribution is 2.53. The number of halogens is 1. The van der Waals surface area contributed by atoms with Gasteiger partial charge in [0.15, 0.2) is 5.13 Å². The van der Waals surface area contributed by atoms with Crippen molar-refractivity contribution >= 4 is 63.4 Å². The van der Waals surface area contributed by atoms with Crippen LogP contribution >= 0.6 is 11.3 Å². The maximum Gasteiger partial charge on any atom is 0.409 e. The second kappa shape index (κ2) is 29.7. The molecule has 9 aliphatic heterocycles. The number of para-hydroxylation sites is 3. The van der Waals surface area contributed by atoms with Crippen molar-refractivity contribution in [3.05, 3.63) is 149 Å². The summed E-state index contributed by atoms with van der Waals surface area (Å²) in [6.45, 7) is 21.3. The molecule has 6 aromatic rings. The zero-order valence-electron chi connectivity index (χ0n) is 59.0. The van der Waals surface area contributed by atoms with Gasteiger partial charge in [0.2, 0.25) is 11.8 Å². The van der Waals surface area contributed by atoms with Crippen LogP contribution in [-0.2, 0) is 30.6 Å². The van der Waals surface area contributed by atoms with Crippen LogP contribution in [0.5, 0.6) is 5.75 Å². The van der Waals surface area contributed by atoms with Gasteiger partial charge in [-0.3, -0.25) is 24.3 Å². The number of carbonyl (C=O) groups is 5. The van der Waals surface area contributed by atoms with Gasteiger partial charge in [0.25, 0.3) is 5.91 Å². The van der Waals surface area contributed by atoms with Gasteiger partial charge in [-0.15, -0.1) is 11.3 Å². The van der Waals surface area contributed by atoms with Crippen molar-refractivity contribution in [2.45, 2.75) is 139 Å². The van der Waals surface area contributed by atoms with Crippen LogP contribution in [0.4, 0.5) is 36.2 Å². The van der Waals surface area contributed by atoms with E-state index in [1.807, 2.05) is 73.2 Å². The molecular weight excluding hydrogens is 1270 g/mol. The number of amides is 6. The van der Waals surface area contributed by atoms with E-state index in [4.69, 9.17) is 9.47 Å². The molecule has 526 valence electrons. The number of urea groups is 1. The third-order valence-corrected chi connectivity index (χ3v) is 24.4. The Morgan fingerprint density at radius 2 is 1.10 bits per heavy atom. The second-order valence-corrected chi connectivity index (χ2v) is 30.4. The number of carbonyl (C=O) groups excluding carboxylic acids is 5. The van der Waals surface area contributed by atoms with E-state index in [0.717, 1.165) is 195 Å². The lowest BCUT2D eigenvalue weighted by molar-refractivity contribution is -0.117. The molecule has 15 rings (SSSR count). The third-order valence-electron chi connectivity index (χ3n) is 23.4. The first-order valence-electron chi connectivity index (χ1n) is 36.1. The lowest BCUT2D eigenvalue weighted by Gasteiger charge is -2.45. The number of anilines is 4. The standard InChI is InChI=1S/C29H37N3O4.C26H32FN5O2.C23H30N4OS/c1-4-36-28(34)31-16-12-22(13-17-31)30-18-14-29(15-19-30)20-32(21(2)33)27-24(9-7-10-25(27)29)23-8-5-6-11-26(23)35-3;1-29(2)25(34)32-18-26(22-16-20(27)5-6-23(22)32)9-14-30(15-10-26)21-7-12-31(13-8-21)24(33)19-4-3-11-28-17-19;1-17-15-24-22(29-17)26-11-7-19(8-12-26)25-13-9-23(10-14-25)16-27(18(2)28)21-6-4-3-5-20(21)23/h5-11,22H,4,12-20H2,1-3H3;3-6,11,16-17,21H,7-10,12-15,18H2,1-2H3;3-6,15,19H,7-14,16H2,1-2H3. The Bertz CT molecular complexity index is 3860.